The van der Waals surface area contributed by atoms with E-state index >= 15 is 0 Å². The van der Waals surface area contributed by atoms with Gasteiger partial charge in [-0.25, -0.2) is 4.39 Å². The molecule has 0 saturated heterocycles. The van der Waals surface area contributed by atoms with Crippen molar-refractivity contribution in [3.8, 4) is 0 Å². The maximum Gasteiger partial charge on any atom is 0.128 e. The fraction of sp³-hybridized carbons (Fsp3) is 0.667. The number of hydrogen-bond donors (Lipinski definition) is 1. The minimum absolute atomic E-state index is 0.0566. The average Bonchev–Trinajstić information content (AvgIpc) is 2.50. The fourth-order valence-corrected chi connectivity index (χ4v) is 3.53. The first kappa shape index (κ1) is 16.4. The Morgan fingerprint density at radius 3 is 2.52 bits per heavy atom. The molecule has 1 saturated carbocycles. The predicted octanol–water partition coefficient (Wildman–Crippen LogP) is 4.61. The van der Waals surface area contributed by atoms with Crippen LogP contribution in [-0.2, 0) is 4.74 Å². The summed E-state index contributed by atoms with van der Waals surface area (Å²) >= 11 is 0. The van der Waals surface area contributed by atoms with Gasteiger partial charge in [-0.2, -0.15) is 0 Å². The van der Waals surface area contributed by atoms with Crippen molar-refractivity contribution < 1.29 is 9.13 Å². The van der Waals surface area contributed by atoms with Gasteiger partial charge in [0.1, 0.15) is 5.82 Å². The highest BCUT2D eigenvalue weighted by Crippen LogP contribution is 2.42. The van der Waals surface area contributed by atoms with Crippen LogP contribution in [0.15, 0.2) is 24.3 Å². The SMILES string of the molecule is CCCNC(c1ccccc1F)C1(OCC)CCCCC1. The van der Waals surface area contributed by atoms with Crippen LogP contribution in [0.25, 0.3) is 0 Å². The Kier molecular flexibility index (Phi) is 6.19. The van der Waals surface area contributed by atoms with Gasteiger partial charge in [0.15, 0.2) is 0 Å². The van der Waals surface area contributed by atoms with E-state index in [2.05, 4.69) is 12.2 Å². The van der Waals surface area contributed by atoms with Gasteiger partial charge >= 0.3 is 0 Å². The Hall–Kier alpha value is -0.930. The zero-order valence-electron chi connectivity index (χ0n) is 13.3. The van der Waals surface area contributed by atoms with Crippen molar-refractivity contribution in [1.82, 2.24) is 5.32 Å². The average molecular weight is 293 g/mol. The van der Waals surface area contributed by atoms with Crippen molar-refractivity contribution in [3.63, 3.8) is 0 Å². The molecule has 1 aliphatic rings. The highest BCUT2D eigenvalue weighted by molar-refractivity contribution is 5.25. The third-order valence-corrected chi connectivity index (χ3v) is 4.47. The molecule has 0 heterocycles. The highest BCUT2D eigenvalue weighted by atomic mass is 19.1. The molecule has 1 unspecified atom stereocenters. The number of ether oxygens (including phenoxy) is 1. The second-order valence-electron chi connectivity index (χ2n) is 5.97. The summed E-state index contributed by atoms with van der Waals surface area (Å²) in [6.07, 6.45) is 6.64. The first-order chi connectivity index (χ1) is 10.2. The first-order valence-corrected chi connectivity index (χ1v) is 8.35. The van der Waals surface area contributed by atoms with Gasteiger partial charge in [-0.1, -0.05) is 44.4 Å². The maximum atomic E-state index is 14.3. The molecule has 2 rings (SSSR count). The van der Waals surface area contributed by atoms with Gasteiger partial charge in [0.05, 0.1) is 11.6 Å². The molecule has 0 aromatic heterocycles. The summed E-state index contributed by atoms with van der Waals surface area (Å²) in [6, 6.07) is 7.07. The molecule has 0 radical (unpaired) electrons. The van der Waals surface area contributed by atoms with Gasteiger partial charge in [0.25, 0.3) is 0 Å². The summed E-state index contributed by atoms with van der Waals surface area (Å²) in [7, 11) is 0. The Balaban J connectivity index is 2.34. The number of halogens is 1. The Morgan fingerprint density at radius 2 is 1.90 bits per heavy atom. The van der Waals surface area contributed by atoms with E-state index in [0.717, 1.165) is 31.4 Å². The van der Waals surface area contributed by atoms with Crippen molar-refractivity contribution >= 4 is 0 Å². The molecule has 1 aliphatic carbocycles. The van der Waals surface area contributed by atoms with Crippen molar-refractivity contribution in [1.29, 1.82) is 0 Å². The van der Waals surface area contributed by atoms with Crippen LogP contribution in [0, 0.1) is 5.82 Å². The Bertz CT molecular complexity index is 423. The van der Waals surface area contributed by atoms with E-state index in [9.17, 15) is 4.39 Å². The summed E-state index contributed by atoms with van der Waals surface area (Å²) in [5, 5.41) is 3.56. The van der Waals surface area contributed by atoms with Gasteiger partial charge in [-0.05, 0) is 38.8 Å². The second-order valence-corrected chi connectivity index (χ2v) is 5.97. The molecule has 0 bridgehead atoms. The normalized spacial score (nSPS) is 19.4. The largest absolute Gasteiger partial charge is 0.373 e. The lowest BCUT2D eigenvalue weighted by molar-refractivity contribution is -0.0918. The summed E-state index contributed by atoms with van der Waals surface area (Å²) in [5.74, 6) is -0.129. The molecule has 0 spiro atoms. The molecule has 0 amide bonds. The van der Waals surface area contributed by atoms with Gasteiger partial charge < -0.3 is 10.1 Å². The summed E-state index contributed by atoms with van der Waals surface area (Å²) in [5.41, 5.74) is 0.492. The Morgan fingerprint density at radius 1 is 1.19 bits per heavy atom. The molecule has 1 aromatic carbocycles. The molecule has 0 aliphatic heterocycles. The molecule has 3 heteroatoms. The van der Waals surface area contributed by atoms with Crippen molar-refractivity contribution in [3.05, 3.63) is 35.6 Å². The lowest BCUT2D eigenvalue weighted by atomic mass is 9.76. The Labute approximate surface area is 128 Å². The third-order valence-electron chi connectivity index (χ3n) is 4.47. The monoisotopic (exact) mass is 293 g/mol. The number of nitrogens with one attached hydrogen (secondary N) is 1. The second kappa shape index (κ2) is 7.90. The first-order valence-electron chi connectivity index (χ1n) is 8.35. The quantitative estimate of drug-likeness (QED) is 0.793. The van der Waals surface area contributed by atoms with Crippen molar-refractivity contribution in [2.75, 3.05) is 13.2 Å². The molecular formula is C18H28FNO. The molecule has 118 valence electrons. The zero-order chi connectivity index (χ0) is 15.1. The van der Waals surface area contributed by atoms with E-state index in [1.54, 1.807) is 12.1 Å². The molecule has 1 aromatic rings. The minimum atomic E-state index is -0.260. The smallest absolute Gasteiger partial charge is 0.128 e. The van der Waals surface area contributed by atoms with Gasteiger partial charge in [-0.15, -0.1) is 0 Å². The van der Waals surface area contributed by atoms with Crippen LogP contribution in [0.5, 0.6) is 0 Å². The van der Waals surface area contributed by atoms with E-state index in [0.29, 0.717) is 6.61 Å². The van der Waals surface area contributed by atoms with Crippen LogP contribution in [0.1, 0.15) is 64.0 Å². The van der Waals surface area contributed by atoms with E-state index < -0.39 is 0 Å². The van der Waals surface area contributed by atoms with Crippen LogP contribution in [0.4, 0.5) is 4.39 Å². The van der Waals surface area contributed by atoms with Crippen LogP contribution in [-0.4, -0.2) is 18.8 Å². The van der Waals surface area contributed by atoms with Crippen LogP contribution in [0.2, 0.25) is 0 Å². The molecule has 1 N–H and O–H groups in total. The number of rotatable bonds is 7. The summed E-state index contributed by atoms with van der Waals surface area (Å²) in [6.45, 7) is 5.74. The lowest BCUT2D eigenvalue weighted by Crippen LogP contribution is -2.48. The van der Waals surface area contributed by atoms with E-state index in [1.807, 2.05) is 19.1 Å². The molecule has 1 fully saturated rings. The summed E-state index contributed by atoms with van der Waals surface area (Å²) < 4.78 is 20.5. The fourth-order valence-electron chi connectivity index (χ4n) is 3.53. The van der Waals surface area contributed by atoms with Crippen LogP contribution < -0.4 is 5.32 Å². The van der Waals surface area contributed by atoms with Gasteiger partial charge in [0.2, 0.25) is 0 Å². The molecule has 1 atom stereocenters. The van der Waals surface area contributed by atoms with Crippen molar-refractivity contribution in [2.24, 2.45) is 0 Å². The molecule has 2 nitrogen and oxygen atoms in total. The third kappa shape index (κ3) is 3.83. The molecule has 21 heavy (non-hydrogen) atoms. The van der Waals surface area contributed by atoms with Crippen LogP contribution in [0.3, 0.4) is 0 Å². The van der Waals surface area contributed by atoms with Gasteiger partial charge in [-0.3, -0.25) is 0 Å². The predicted molar refractivity (Wildman–Crippen MR) is 84.9 cm³/mol. The van der Waals surface area contributed by atoms with E-state index in [1.165, 1.54) is 19.3 Å². The van der Waals surface area contributed by atoms with E-state index in [-0.39, 0.29) is 17.5 Å². The van der Waals surface area contributed by atoms with E-state index in [4.69, 9.17) is 4.74 Å². The topological polar surface area (TPSA) is 21.3 Å². The maximum absolute atomic E-state index is 14.3. The summed E-state index contributed by atoms with van der Waals surface area (Å²) in [4.78, 5) is 0. The standard InChI is InChI=1S/C18H28FNO/c1-3-14-20-17(15-10-6-7-11-16(15)19)18(21-4-2)12-8-5-9-13-18/h6-7,10-11,17,20H,3-5,8-9,12-14H2,1-2H3. The molecular weight excluding hydrogens is 265 g/mol. The highest BCUT2D eigenvalue weighted by Gasteiger charge is 2.42. The minimum Gasteiger partial charge on any atom is -0.373 e. The lowest BCUT2D eigenvalue weighted by Gasteiger charge is -2.44. The number of benzene rings is 1. The van der Waals surface area contributed by atoms with Crippen molar-refractivity contribution in [2.45, 2.75) is 64.0 Å². The zero-order valence-corrected chi connectivity index (χ0v) is 13.3. The van der Waals surface area contributed by atoms with Gasteiger partial charge in [0, 0.05) is 12.2 Å². The van der Waals surface area contributed by atoms with Crippen LogP contribution >= 0.6 is 0 Å². The number of hydrogen-bond acceptors (Lipinski definition) is 2.